The number of aromatic nitrogens is 5. The topological polar surface area (TPSA) is 114 Å². The summed E-state index contributed by atoms with van der Waals surface area (Å²) in [5, 5.41) is 2.86. The summed E-state index contributed by atoms with van der Waals surface area (Å²) in [7, 11) is 0. The van der Waals surface area contributed by atoms with Crippen LogP contribution in [-0.2, 0) is 6.42 Å². The quantitative estimate of drug-likeness (QED) is 0.499. The van der Waals surface area contributed by atoms with Gasteiger partial charge in [0.05, 0.1) is 17.9 Å². The highest BCUT2D eigenvalue weighted by molar-refractivity contribution is 5.92. The van der Waals surface area contributed by atoms with Crippen LogP contribution in [0, 0.1) is 5.82 Å². The van der Waals surface area contributed by atoms with E-state index in [-0.39, 0.29) is 17.7 Å². The van der Waals surface area contributed by atoms with Gasteiger partial charge in [-0.3, -0.25) is 19.6 Å². The van der Waals surface area contributed by atoms with Crippen LogP contribution in [0.1, 0.15) is 27.8 Å². The van der Waals surface area contributed by atoms with Crippen molar-refractivity contribution in [2.45, 2.75) is 12.5 Å². The van der Waals surface area contributed by atoms with Gasteiger partial charge in [0, 0.05) is 31.1 Å². The van der Waals surface area contributed by atoms with Gasteiger partial charge in [-0.1, -0.05) is 18.2 Å². The lowest BCUT2D eigenvalue weighted by Gasteiger charge is -2.19. The average molecular weight is 416 g/mol. The fourth-order valence-corrected chi connectivity index (χ4v) is 3.04. The minimum absolute atomic E-state index is 0.141. The number of hydrogen-bond acceptors (Lipinski definition) is 6. The molecular weight excluding hydrogens is 399 g/mol. The van der Waals surface area contributed by atoms with E-state index in [0.717, 1.165) is 0 Å². The zero-order valence-electron chi connectivity index (χ0n) is 16.2. The molecule has 0 radical (unpaired) electrons. The van der Waals surface area contributed by atoms with Crippen molar-refractivity contribution in [1.29, 1.82) is 0 Å². The molecule has 4 aromatic rings. The molecule has 4 rings (SSSR count). The van der Waals surface area contributed by atoms with Gasteiger partial charge in [-0.15, -0.1) is 0 Å². The van der Waals surface area contributed by atoms with Gasteiger partial charge in [-0.25, -0.2) is 14.4 Å². The number of nitrogens with zero attached hydrogens (tertiary/aromatic N) is 4. The Bertz CT molecular complexity index is 1230. The molecule has 0 saturated heterocycles. The Labute approximate surface area is 176 Å². The Morgan fingerprint density at radius 3 is 2.61 bits per heavy atom. The van der Waals surface area contributed by atoms with Gasteiger partial charge in [0.15, 0.2) is 5.82 Å². The summed E-state index contributed by atoms with van der Waals surface area (Å²) in [6.07, 6.45) is 6.03. The van der Waals surface area contributed by atoms with Gasteiger partial charge in [0.1, 0.15) is 17.2 Å². The summed E-state index contributed by atoms with van der Waals surface area (Å²) in [5.74, 6) is -0.520. The molecule has 0 aliphatic heterocycles. The molecule has 0 aliphatic rings. The fourth-order valence-electron chi connectivity index (χ4n) is 3.04. The van der Waals surface area contributed by atoms with Crippen LogP contribution in [0.4, 0.5) is 4.39 Å². The first-order valence-corrected chi connectivity index (χ1v) is 9.42. The molecular formula is C22H17FN6O2. The third kappa shape index (κ3) is 5.02. The number of benzene rings is 1. The van der Waals surface area contributed by atoms with E-state index >= 15 is 0 Å². The number of halogens is 1. The Morgan fingerprint density at radius 2 is 1.90 bits per heavy atom. The number of pyridine rings is 1. The molecule has 0 spiro atoms. The Kier molecular flexibility index (Phi) is 5.84. The predicted octanol–water partition coefficient (Wildman–Crippen LogP) is 2.47. The predicted molar refractivity (Wildman–Crippen MR) is 110 cm³/mol. The monoisotopic (exact) mass is 416 g/mol. The van der Waals surface area contributed by atoms with Gasteiger partial charge in [0.25, 0.3) is 11.5 Å². The normalized spacial score (nSPS) is 11.6. The Hall–Kier alpha value is -4.27. The molecule has 3 heterocycles. The van der Waals surface area contributed by atoms with E-state index in [1.165, 1.54) is 36.8 Å². The van der Waals surface area contributed by atoms with E-state index in [2.05, 4.69) is 30.2 Å². The van der Waals surface area contributed by atoms with Crippen LogP contribution < -0.4 is 10.9 Å². The molecule has 1 atom stereocenters. The van der Waals surface area contributed by atoms with Gasteiger partial charge in [-0.2, -0.15) is 0 Å². The minimum Gasteiger partial charge on any atom is -0.343 e. The van der Waals surface area contributed by atoms with Gasteiger partial charge < -0.3 is 10.3 Å². The smallest absolute Gasteiger partial charge is 0.271 e. The van der Waals surface area contributed by atoms with E-state index < -0.39 is 17.8 Å². The second kappa shape index (κ2) is 9.04. The molecule has 0 fully saturated rings. The highest BCUT2D eigenvalue weighted by Crippen LogP contribution is 2.19. The maximum atomic E-state index is 13.4. The third-order valence-electron chi connectivity index (χ3n) is 4.49. The number of H-pyrrole nitrogens is 1. The summed E-state index contributed by atoms with van der Waals surface area (Å²) < 4.78 is 13.4. The molecule has 154 valence electrons. The summed E-state index contributed by atoms with van der Waals surface area (Å²) in [6.45, 7) is 0. The summed E-state index contributed by atoms with van der Waals surface area (Å²) in [5.41, 5.74) is 1.41. The number of hydrogen-bond donors (Lipinski definition) is 2. The van der Waals surface area contributed by atoms with Crippen LogP contribution in [0.25, 0.3) is 11.5 Å². The first-order chi connectivity index (χ1) is 15.1. The van der Waals surface area contributed by atoms with Crippen LogP contribution in [0.5, 0.6) is 0 Å². The highest BCUT2D eigenvalue weighted by atomic mass is 19.1. The molecule has 31 heavy (non-hydrogen) atoms. The Balaban J connectivity index is 1.66. The average Bonchev–Trinajstić information content (AvgIpc) is 2.80. The van der Waals surface area contributed by atoms with Crippen LogP contribution in [0.15, 0.2) is 78.1 Å². The summed E-state index contributed by atoms with van der Waals surface area (Å²) in [4.78, 5) is 44.1. The Morgan fingerprint density at radius 1 is 1.06 bits per heavy atom. The van der Waals surface area contributed by atoms with Crippen molar-refractivity contribution in [2.75, 3.05) is 0 Å². The molecule has 0 saturated carbocycles. The maximum Gasteiger partial charge on any atom is 0.271 e. The highest BCUT2D eigenvalue weighted by Gasteiger charge is 2.19. The number of carbonyl (C=O) groups is 1. The lowest BCUT2D eigenvalue weighted by atomic mass is 10.0. The van der Waals surface area contributed by atoms with E-state index in [4.69, 9.17) is 0 Å². The van der Waals surface area contributed by atoms with E-state index in [9.17, 15) is 14.0 Å². The molecule has 9 heteroatoms. The van der Waals surface area contributed by atoms with E-state index in [1.807, 2.05) is 0 Å². The molecule has 3 aromatic heterocycles. The number of rotatable bonds is 6. The van der Waals surface area contributed by atoms with E-state index in [1.54, 1.807) is 36.5 Å². The van der Waals surface area contributed by atoms with Crippen molar-refractivity contribution >= 4 is 5.91 Å². The van der Waals surface area contributed by atoms with Crippen LogP contribution >= 0.6 is 0 Å². The number of nitrogens with one attached hydrogen (secondary N) is 2. The van der Waals surface area contributed by atoms with E-state index in [0.29, 0.717) is 22.8 Å². The standard InChI is InChI=1S/C22H17FN6O2/c23-15-6-4-14(5-7-15)18(28-22(31)19-13-24-9-10-26-19)11-16-12-20(30)29-21(27-16)17-3-1-2-8-25-17/h1-10,12-13,18H,11H2,(H,28,31)(H,27,29,30)/t18-/m0/s1. The molecule has 0 aliphatic carbocycles. The van der Waals surface area contributed by atoms with Gasteiger partial charge in [-0.05, 0) is 29.8 Å². The zero-order valence-corrected chi connectivity index (χ0v) is 16.2. The first kappa shape index (κ1) is 20.0. The molecule has 1 amide bonds. The second-order valence-electron chi connectivity index (χ2n) is 6.67. The first-order valence-electron chi connectivity index (χ1n) is 9.42. The summed E-state index contributed by atoms with van der Waals surface area (Å²) in [6, 6.07) is 11.8. The maximum absolute atomic E-state index is 13.4. The third-order valence-corrected chi connectivity index (χ3v) is 4.49. The zero-order chi connectivity index (χ0) is 21.6. The van der Waals surface area contributed by atoms with Crippen molar-refractivity contribution in [1.82, 2.24) is 30.2 Å². The van der Waals surface area contributed by atoms with Crippen molar-refractivity contribution in [3.05, 3.63) is 106 Å². The van der Waals surface area contributed by atoms with Crippen molar-refractivity contribution in [3.63, 3.8) is 0 Å². The van der Waals surface area contributed by atoms with Gasteiger partial charge >= 0.3 is 0 Å². The molecule has 0 bridgehead atoms. The van der Waals surface area contributed by atoms with Crippen molar-refractivity contribution < 1.29 is 9.18 Å². The molecule has 8 nitrogen and oxygen atoms in total. The van der Waals surface area contributed by atoms with Gasteiger partial charge in [0.2, 0.25) is 0 Å². The van der Waals surface area contributed by atoms with Crippen LogP contribution in [-0.4, -0.2) is 30.8 Å². The molecule has 0 unspecified atom stereocenters. The number of carbonyl (C=O) groups excluding carboxylic acids is 1. The lowest BCUT2D eigenvalue weighted by Crippen LogP contribution is -2.31. The molecule has 2 N–H and O–H groups in total. The van der Waals surface area contributed by atoms with Crippen molar-refractivity contribution in [3.8, 4) is 11.5 Å². The molecule has 1 aromatic carbocycles. The van der Waals surface area contributed by atoms with Crippen LogP contribution in [0.3, 0.4) is 0 Å². The fraction of sp³-hybridized carbons (Fsp3) is 0.0909. The largest absolute Gasteiger partial charge is 0.343 e. The number of aromatic amines is 1. The minimum atomic E-state index is -0.582. The lowest BCUT2D eigenvalue weighted by molar-refractivity contribution is 0.0931. The second-order valence-corrected chi connectivity index (χ2v) is 6.67. The SMILES string of the molecule is O=C(N[C@@H](Cc1cc(=O)[nH]c(-c2ccccn2)n1)c1ccc(F)cc1)c1cnccn1. The van der Waals surface area contributed by atoms with Crippen LogP contribution in [0.2, 0.25) is 0 Å². The van der Waals surface area contributed by atoms with Crippen molar-refractivity contribution in [2.24, 2.45) is 0 Å². The summed E-state index contributed by atoms with van der Waals surface area (Å²) >= 11 is 0. The number of amides is 1.